The van der Waals surface area contributed by atoms with Gasteiger partial charge in [0.05, 0.1) is 53.7 Å². The Hall–Kier alpha value is -9.01. The van der Waals surface area contributed by atoms with Gasteiger partial charge < -0.3 is 14.4 Å². The Morgan fingerprint density at radius 1 is 0.563 bits per heavy atom. The van der Waals surface area contributed by atoms with E-state index in [9.17, 15) is 0 Å². The average molecular weight is 925 g/mol. The maximum Gasteiger partial charge on any atom is 0.422 e. The summed E-state index contributed by atoms with van der Waals surface area (Å²) >= 11 is 0. The third-order valence-corrected chi connectivity index (χ3v) is 13.3. The molecular weight excluding hydrogens is 868 g/mol. The van der Waals surface area contributed by atoms with Crippen LogP contribution in [0.25, 0.3) is 66.9 Å². The number of pyridine rings is 2. The summed E-state index contributed by atoms with van der Waals surface area (Å²) in [6.45, 7) is 6.18. The van der Waals surface area contributed by atoms with Gasteiger partial charge in [-0.1, -0.05) is 196 Å². The van der Waals surface area contributed by atoms with Crippen LogP contribution in [0, 0.1) is 6.33 Å². The quantitative estimate of drug-likeness (QED) is 0.0905. The van der Waals surface area contributed by atoms with Gasteiger partial charge in [0.2, 0.25) is 5.88 Å². The molecule has 13 rings (SSSR count). The second-order valence-electron chi connectivity index (χ2n) is 18.5. The van der Waals surface area contributed by atoms with E-state index in [-0.39, 0.29) is 33.4 Å². The summed E-state index contributed by atoms with van der Waals surface area (Å²) in [5, 5.41) is 0. The standard InChI is InChI=1S/C63H47BN6O/c1-63(2,3)45-36-37-65-60(38-45)70-58-40-61(66-41-59(58)69-55-33-15-13-29-53(55)51-27-11-10-26-50(51)52-28-12-14-32-54(52)64(69)70)71-47-25-18-24-46(39-47)67-42-68(57-35-17-16-34-56(57)67)62-48(43-20-6-4-7-21-43)30-19-31-49(62)44-22-8-5-9-23-44/h4-41H,1-3H3/i4D,5D,6D,7D,8D,9D,20D,21D,22D,23D. The minimum absolute atomic E-state index is 0.142. The van der Waals surface area contributed by atoms with Crippen LogP contribution in [0.15, 0.2) is 231 Å². The Balaban J connectivity index is 0.972. The highest BCUT2D eigenvalue weighted by Gasteiger charge is 2.47. The van der Waals surface area contributed by atoms with Crippen molar-refractivity contribution < 1.29 is 23.0 Å². The molecule has 8 heteroatoms. The number of aromatic nitrogens is 4. The lowest BCUT2D eigenvalue weighted by atomic mass is 9.61. The summed E-state index contributed by atoms with van der Waals surface area (Å²) in [7, 11) is 0. The van der Waals surface area contributed by atoms with Crippen molar-refractivity contribution in [1.82, 2.24) is 14.5 Å². The van der Waals surface area contributed by atoms with E-state index in [0.717, 1.165) is 56.2 Å². The van der Waals surface area contributed by atoms with Gasteiger partial charge in [0.25, 0.3) is 6.33 Å². The molecule has 0 unspecified atom stereocenters. The fraction of sp³-hybridized carbons (Fsp3) is 0.0635. The van der Waals surface area contributed by atoms with Gasteiger partial charge in [-0.2, -0.15) is 0 Å². The van der Waals surface area contributed by atoms with Crippen molar-refractivity contribution in [2.75, 3.05) is 9.62 Å². The first kappa shape index (κ1) is 32.7. The maximum absolute atomic E-state index is 9.09. The maximum atomic E-state index is 9.09. The molecule has 3 aromatic heterocycles. The number of hydrogen-bond donors (Lipinski definition) is 0. The molecule has 71 heavy (non-hydrogen) atoms. The molecule has 0 spiro atoms. The first-order chi connectivity index (χ1) is 39.0. The van der Waals surface area contributed by atoms with Crippen LogP contribution in [0.4, 0.5) is 22.9 Å². The molecule has 0 amide bonds. The number of anilines is 4. The van der Waals surface area contributed by atoms with E-state index in [1.165, 1.54) is 0 Å². The lowest BCUT2D eigenvalue weighted by molar-refractivity contribution is -0.571. The zero-order chi connectivity index (χ0) is 56.3. The van der Waals surface area contributed by atoms with Crippen molar-refractivity contribution in [1.29, 1.82) is 0 Å². The highest BCUT2D eigenvalue weighted by molar-refractivity contribution is 6.85. The topological polar surface area (TPSA) is 50.3 Å². The van der Waals surface area contributed by atoms with Gasteiger partial charge in [-0.15, -0.1) is 0 Å². The molecule has 0 saturated carbocycles. The largest absolute Gasteiger partial charge is 0.439 e. The van der Waals surface area contributed by atoms with Gasteiger partial charge in [-0.3, -0.25) is 9.13 Å². The van der Waals surface area contributed by atoms with Gasteiger partial charge in [-0.25, -0.2) is 9.97 Å². The van der Waals surface area contributed by atoms with Crippen LogP contribution >= 0.6 is 0 Å². The first-order valence-electron chi connectivity index (χ1n) is 28.4. The third-order valence-electron chi connectivity index (χ3n) is 13.3. The molecule has 338 valence electrons. The first-order valence-corrected chi connectivity index (χ1v) is 23.4. The number of hydrogen-bond acceptors (Lipinski definition) is 5. The second kappa shape index (κ2) is 16.9. The second-order valence-corrected chi connectivity index (χ2v) is 18.5. The van der Waals surface area contributed by atoms with Crippen molar-refractivity contribution in [3.8, 4) is 67.5 Å². The Bertz CT molecular complexity index is 4300. The zero-order valence-corrected chi connectivity index (χ0v) is 38.8. The van der Waals surface area contributed by atoms with Gasteiger partial charge in [0.15, 0.2) is 0 Å². The predicted octanol–water partition coefficient (Wildman–Crippen LogP) is 14.3. The highest BCUT2D eigenvalue weighted by atomic mass is 16.5. The molecule has 7 nitrogen and oxygen atoms in total. The van der Waals surface area contributed by atoms with Crippen molar-refractivity contribution in [2.45, 2.75) is 26.2 Å². The molecule has 0 saturated heterocycles. The molecule has 0 N–H and O–H groups in total. The summed E-state index contributed by atoms with van der Waals surface area (Å²) in [5.74, 6) is 1.50. The Kier molecular flexibility index (Phi) is 7.78. The van der Waals surface area contributed by atoms with Crippen molar-refractivity contribution >= 4 is 46.4 Å². The smallest absolute Gasteiger partial charge is 0.422 e. The van der Waals surface area contributed by atoms with E-state index in [2.05, 4.69) is 122 Å². The molecule has 0 radical (unpaired) electrons. The Morgan fingerprint density at radius 3 is 1.94 bits per heavy atom. The van der Waals surface area contributed by atoms with Gasteiger partial charge in [-0.05, 0) is 91.8 Å². The fourth-order valence-electron chi connectivity index (χ4n) is 10.1. The molecule has 0 fully saturated rings. The lowest BCUT2D eigenvalue weighted by Crippen LogP contribution is -2.54. The molecule has 8 aromatic carbocycles. The van der Waals surface area contributed by atoms with E-state index in [1.807, 2.05) is 67.0 Å². The molecule has 2 aliphatic heterocycles. The summed E-state index contributed by atoms with van der Waals surface area (Å²) < 4.78 is 97.9. The average Bonchev–Trinajstić information content (AvgIpc) is 4.24. The molecule has 2 aliphatic rings. The summed E-state index contributed by atoms with van der Waals surface area (Å²) in [5.41, 5.74) is 11.1. The lowest BCUT2D eigenvalue weighted by Gasteiger charge is -2.34. The summed E-state index contributed by atoms with van der Waals surface area (Å²) in [6, 6.07) is 46.0. The Morgan fingerprint density at radius 2 is 1.20 bits per heavy atom. The van der Waals surface area contributed by atoms with E-state index in [1.54, 1.807) is 27.3 Å². The van der Waals surface area contributed by atoms with Crippen LogP contribution in [0.2, 0.25) is 0 Å². The van der Waals surface area contributed by atoms with Crippen LogP contribution < -0.4 is 24.4 Å². The van der Waals surface area contributed by atoms with Crippen molar-refractivity contribution in [2.24, 2.45) is 0 Å². The number of imidazole rings is 1. The number of benzene rings is 8. The Labute approximate surface area is 428 Å². The fourth-order valence-corrected chi connectivity index (χ4v) is 10.1. The predicted molar refractivity (Wildman–Crippen MR) is 289 cm³/mol. The number of ether oxygens (including phenoxy) is 1. The van der Waals surface area contributed by atoms with E-state index in [0.29, 0.717) is 28.4 Å². The SMILES string of the molecule is [2H]c1c([2H])c([2H])c(-c2cccc(-c3c([2H])c([2H])c([2H])c([2H])c3[2H])c2-[n+]2[c-]n(-c3cccc(Oc4cc5c(cn4)N4B(c6ccccc6-c6ccccc6-c6ccccc64)N5c4cc(C(C)(C)C)ccn4)c3)c3ccccc32)c([2H])c1[2H]. The zero-order valence-electron chi connectivity index (χ0n) is 48.8. The van der Waals surface area contributed by atoms with Crippen LogP contribution in [0.5, 0.6) is 11.6 Å². The minimum Gasteiger partial charge on any atom is -0.439 e. The van der Waals surface area contributed by atoms with Crippen LogP contribution in [0.1, 0.15) is 40.0 Å². The molecular formula is C63H47BN6O. The third kappa shape index (κ3) is 7.18. The van der Waals surface area contributed by atoms with E-state index < -0.39 is 67.4 Å². The van der Waals surface area contributed by atoms with Crippen LogP contribution in [0.3, 0.4) is 0 Å². The normalized spacial score (nSPS) is 14.6. The molecule has 0 atom stereocenters. The van der Waals surface area contributed by atoms with Crippen molar-refractivity contribution in [3.05, 3.63) is 242 Å². The molecule has 0 aliphatic carbocycles. The number of fused-ring (bicyclic) bond motifs is 11. The van der Waals surface area contributed by atoms with E-state index >= 15 is 0 Å². The molecule has 0 bridgehead atoms. The van der Waals surface area contributed by atoms with Gasteiger partial charge >= 0.3 is 6.98 Å². The van der Waals surface area contributed by atoms with Gasteiger partial charge in [0, 0.05) is 23.5 Å². The number of nitrogens with zero attached hydrogens (tertiary/aromatic N) is 6. The van der Waals surface area contributed by atoms with Gasteiger partial charge in [0.1, 0.15) is 11.6 Å². The van der Waals surface area contributed by atoms with Crippen LogP contribution in [-0.2, 0) is 5.41 Å². The monoisotopic (exact) mass is 924 g/mol. The van der Waals surface area contributed by atoms with E-state index in [4.69, 9.17) is 28.4 Å². The molecule has 5 heterocycles. The summed E-state index contributed by atoms with van der Waals surface area (Å²) in [4.78, 5) is 14.7. The van der Waals surface area contributed by atoms with Crippen LogP contribution in [-0.4, -0.2) is 21.5 Å². The molecule has 11 aromatic rings. The number of para-hydroxylation sites is 4. The minimum atomic E-state index is -0.574. The van der Waals surface area contributed by atoms with Crippen molar-refractivity contribution in [3.63, 3.8) is 0 Å². The summed E-state index contributed by atoms with van der Waals surface area (Å²) in [6.07, 6.45) is 7.20. The highest BCUT2D eigenvalue weighted by Crippen LogP contribution is 2.52. The number of rotatable bonds is 7.